The average Bonchev–Trinajstić information content (AvgIpc) is 3.16. The van der Waals surface area contributed by atoms with Gasteiger partial charge in [0.05, 0.1) is 34.6 Å². The van der Waals surface area contributed by atoms with Crippen molar-refractivity contribution in [2.24, 2.45) is 0 Å². The minimum Gasteiger partial charge on any atom is -0.328 e. The van der Waals surface area contributed by atoms with E-state index in [2.05, 4.69) is 6.07 Å². The number of benzene rings is 3. The van der Waals surface area contributed by atoms with Crippen molar-refractivity contribution in [1.82, 2.24) is 9.55 Å². The predicted molar refractivity (Wildman–Crippen MR) is 143 cm³/mol. The molecule has 2 heterocycles. The molecular weight excluding hydrogens is 470 g/mol. The van der Waals surface area contributed by atoms with Gasteiger partial charge in [-0.25, -0.2) is 4.98 Å². The monoisotopic (exact) mass is 493 g/mol. The highest BCUT2D eigenvalue weighted by molar-refractivity contribution is 7.99. The van der Waals surface area contributed by atoms with Crippen LogP contribution < -0.4 is 15.4 Å². The number of aromatic nitrogens is 2. The minimum absolute atomic E-state index is 0.0238. The Kier molecular flexibility index (Phi) is 6.32. The van der Waals surface area contributed by atoms with E-state index in [0.29, 0.717) is 28.4 Å². The fraction of sp³-hybridized carbons (Fsp3) is 0.143. The average molecular weight is 494 g/mol. The number of hydrogen-bond donors (Lipinski definition) is 0. The zero-order chi connectivity index (χ0) is 25.2. The number of nitrogens with zero attached hydrogens (tertiary/aromatic N) is 5. The van der Waals surface area contributed by atoms with E-state index < -0.39 is 0 Å². The number of allylic oxidation sites excluding steroid dienone is 1. The van der Waals surface area contributed by atoms with E-state index in [1.807, 2.05) is 90.6 Å². The summed E-state index contributed by atoms with van der Waals surface area (Å²) in [6.07, 6.45) is 0. The maximum Gasteiger partial charge on any atom is 0.262 e. The van der Waals surface area contributed by atoms with E-state index in [1.165, 1.54) is 11.8 Å². The molecule has 0 atom stereocenters. The summed E-state index contributed by atoms with van der Waals surface area (Å²) in [5.41, 5.74) is 3.29. The fourth-order valence-electron chi connectivity index (χ4n) is 4.42. The molecule has 0 saturated heterocycles. The quantitative estimate of drug-likeness (QED) is 0.170. The van der Waals surface area contributed by atoms with Gasteiger partial charge in [0.1, 0.15) is 17.5 Å². The minimum atomic E-state index is -0.322. The molecule has 0 aliphatic carbocycles. The van der Waals surface area contributed by atoms with Crippen LogP contribution in [-0.4, -0.2) is 35.2 Å². The van der Waals surface area contributed by atoms with Crippen LogP contribution in [0.1, 0.15) is 5.56 Å². The Morgan fingerprint density at radius 1 is 0.917 bits per heavy atom. The van der Waals surface area contributed by atoms with Gasteiger partial charge in [0.15, 0.2) is 10.9 Å². The van der Waals surface area contributed by atoms with Crippen molar-refractivity contribution in [3.05, 3.63) is 106 Å². The van der Waals surface area contributed by atoms with Crippen molar-refractivity contribution in [3.63, 3.8) is 0 Å². The Balaban J connectivity index is 1.49. The number of ketones is 1. The molecule has 1 aromatic heterocycles. The molecule has 4 aromatic rings. The van der Waals surface area contributed by atoms with Gasteiger partial charge in [-0.15, -0.1) is 0 Å². The van der Waals surface area contributed by atoms with E-state index in [-0.39, 0.29) is 22.7 Å². The van der Waals surface area contributed by atoms with Gasteiger partial charge in [-0.05, 0) is 29.8 Å². The van der Waals surface area contributed by atoms with Crippen molar-refractivity contribution in [1.29, 1.82) is 5.26 Å². The third-order valence-electron chi connectivity index (χ3n) is 6.20. The molecule has 0 spiro atoms. The highest BCUT2D eigenvalue weighted by Crippen LogP contribution is 2.40. The summed E-state index contributed by atoms with van der Waals surface area (Å²) in [4.78, 5) is 35.1. The summed E-state index contributed by atoms with van der Waals surface area (Å²) >= 11 is 1.17. The van der Waals surface area contributed by atoms with Crippen molar-refractivity contribution >= 4 is 39.8 Å². The molecule has 1 aliphatic rings. The van der Waals surface area contributed by atoms with Crippen molar-refractivity contribution in [2.45, 2.75) is 11.7 Å². The molecular formula is C28H23N5O2S. The smallest absolute Gasteiger partial charge is 0.262 e. The topological polar surface area (TPSA) is 82.2 Å². The van der Waals surface area contributed by atoms with E-state index in [9.17, 15) is 14.9 Å². The Morgan fingerprint density at radius 2 is 1.53 bits per heavy atom. The third-order valence-corrected chi connectivity index (χ3v) is 7.17. The first-order valence-electron chi connectivity index (χ1n) is 11.4. The molecule has 1 aliphatic heterocycles. The van der Waals surface area contributed by atoms with Crippen molar-refractivity contribution in [3.8, 4) is 6.07 Å². The first kappa shape index (κ1) is 23.4. The van der Waals surface area contributed by atoms with E-state index >= 15 is 0 Å². The number of Topliss-reactive ketones (excluding diaryl/α,β-unsaturated/α-hetero) is 1. The summed E-state index contributed by atoms with van der Waals surface area (Å²) in [6, 6.07) is 26.7. The summed E-state index contributed by atoms with van der Waals surface area (Å²) in [6.45, 7) is 0.334. The van der Waals surface area contributed by atoms with Gasteiger partial charge in [-0.2, -0.15) is 5.26 Å². The van der Waals surface area contributed by atoms with Crippen LogP contribution in [0.4, 0.5) is 11.4 Å². The predicted octanol–water partition coefficient (Wildman–Crippen LogP) is 4.43. The fourth-order valence-corrected chi connectivity index (χ4v) is 5.29. The first-order valence-corrected chi connectivity index (χ1v) is 12.4. The summed E-state index contributed by atoms with van der Waals surface area (Å²) < 4.78 is 1.60. The zero-order valence-electron chi connectivity index (χ0n) is 19.9. The number of hydrogen-bond acceptors (Lipinski definition) is 7. The molecule has 0 radical (unpaired) electrons. The second kappa shape index (κ2) is 9.72. The molecule has 3 aromatic carbocycles. The van der Waals surface area contributed by atoms with Crippen LogP contribution in [0.3, 0.4) is 0 Å². The van der Waals surface area contributed by atoms with Gasteiger partial charge >= 0.3 is 0 Å². The molecule has 36 heavy (non-hydrogen) atoms. The van der Waals surface area contributed by atoms with Crippen LogP contribution in [0.5, 0.6) is 0 Å². The summed E-state index contributed by atoms with van der Waals surface area (Å²) in [7, 11) is 3.69. The van der Waals surface area contributed by atoms with Crippen LogP contribution >= 0.6 is 11.8 Å². The van der Waals surface area contributed by atoms with Gasteiger partial charge in [-0.1, -0.05) is 66.4 Å². The second-order valence-corrected chi connectivity index (χ2v) is 9.36. The molecule has 0 saturated carbocycles. The van der Waals surface area contributed by atoms with Gasteiger partial charge in [0, 0.05) is 14.1 Å². The molecule has 0 bridgehead atoms. The highest BCUT2D eigenvalue weighted by Gasteiger charge is 2.31. The number of para-hydroxylation sites is 3. The lowest BCUT2D eigenvalue weighted by Gasteiger charge is -2.20. The molecule has 178 valence electrons. The second-order valence-electron chi connectivity index (χ2n) is 8.42. The Bertz CT molecular complexity index is 1570. The molecule has 0 fully saturated rings. The van der Waals surface area contributed by atoms with Crippen LogP contribution in [0.15, 0.2) is 100 Å². The van der Waals surface area contributed by atoms with Gasteiger partial charge in [0.2, 0.25) is 0 Å². The lowest BCUT2D eigenvalue weighted by Crippen LogP contribution is -2.27. The van der Waals surface area contributed by atoms with Crippen molar-refractivity contribution < 1.29 is 4.79 Å². The van der Waals surface area contributed by atoms with E-state index in [4.69, 9.17) is 4.98 Å². The molecule has 8 heteroatoms. The largest absolute Gasteiger partial charge is 0.328 e. The molecule has 7 nitrogen and oxygen atoms in total. The number of anilines is 2. The van der Waals surface area contributed by atoms with Crippen LogP contribution in [-0.2, 0) is 11.3 Å². The van der Waals surface area contributed by atoms with Crippen LogP contribution in [0.25, 0.3) is 10.9 Å². The van der Waals surface area contributed by atoms with E-state index in [0.717, 1.165) is 16.9 Å². The standard InChI is InChI=1S/C28H23N5O2S/c1-31-23-14-8-9-15-24(23)32(2)26(31)21(16-29)25(34)18-36-28-30-22-13-7-6-12-20(22)27(35)33(28)17-19-10-4-3-5-11-19/h3-15H,17-18H2,1-2H3. The maximum atomic E-state index is 13.4. The third kappa shape index (κ3) is 4.14. The summed E-state index contributed by atoms with van der Waals surface area (Å²) in [5, 5.41) is 10.9. The Morgan fingerprint density at radius 3 is 2.19 bits per heavy atom. The Hall–Kier alpha value is -4.35. The number of nitriles is 1. The lowest BCUT2D eigenvalue weighted by atomic mass is 10.2. The van der Waals surface area contributed by atoms with Gasteiger partial charge < -0.3 is 9.80 Å². The zero-order valence-corrected chi connectivity index (χ0v) is 20.7. The van der Waals surface area contributed by atoms with Crippen LogP contribution in [0.2, 0.25) is 0 Å². The molecule has 5 rings (SSSR count). The number of rotatable bonds is 6. The molecule has 0 unspecified atom stereocenters. The maximum absolute atomic E-state index is 13.4. The summed E-state index contributed by atoms with van der Waals surface area (Å²) in [5.74, 6) is 0.194. The number of fused-ring (bicyclic) bond motifs is 2. The molecule has 0 amide bonds. The van der Waals surface area contributed by atoms with E-state index in [1.54, 1.807) is 16.7 Å². The number of carbonyl (C=O) groups excluding carboxylic acids is 1. The Labute approximate surface area is 212 Å². The van der Waals surface area contributed by atoms with Crippen LogP contribution in [0, 0.1) is 11.3 Å². The van der Waals surface area contributed by atoms with Crippen molar-refractivity contribution in [2.75, 3.05) is 29.6 Å². The highest BCUT2D eigenvalue weighted by atomic mass is 32.2. The first-order chi connectivity index (χ1) is 17.5. The van der Waals surface area contributed by atoms with Gasteiger partial charge in [-0.3, -0.25) is 14.2 Å². The lowest BCUT2D eigenvalue weighted by molar-refractivity contribution is -0.112. The SMILES string of the molecule is CN1C(=C(C#N)C(=O)CSc2nc3ccccc3c(=O)n2Cc2ccccc2)N(C)c2ccccc21. The van der Waals surface area contributed by atoms with Gasteiger partial charge in [0.25, 0.3) is 5.56 Å². The molecule has 0 N–H and O–H groups in total. The normalized spacial score (nSPS) is 12.5. The number of carbonyl (C=O) groups is 1. The number of thioether (sulfide) groups is 1.